The number of halogens is 2. The van der Waals surface area contributed by atoms with E-state index in [1.807, 2.05) is 0 Å². The van der Waals surface area contributed by atoms with E-state index < -0.39 is 29.6 Å². The van der Waals surface area contributed by atoms with Gasteiger partial charge in [-0.05, 0) is 13.1 Å². The molecule has 18 heavy (non-hydrogen) atoms. The summed E-state index contributed by atoms with van der Waals surface area (Å²) in [5.74, 6) is -3.66. The number of aliphatic carboxylic acids is 1. The highest BCUT2D eigenvalue weighted by Gasteiger charge is 2.23. The number of likely N-dealkylation sites (N-methyl/N-ethyl adjacent to an activating group) is 1. The molecule has 0 aliphatic rings. The summed E-state index contributed by atoms with van der Waals surface area (Å²) in [5.41, 5.74) is 0.0741. The summed E-state index contributed by atoms with van der Waals surface area (Å²) in [4.78, 5) is 22.1. The third-order valence-electron chi connectivity index (χ3n) is 2.27. The van der Waals surface area contributed by atoms with E-state index >= 15 is 0 Å². The summed E-state index contributed by atoms with van der Waals surface area (Å²) in [6.07, 6.45) is 0. The van der Waals surface area contributed by atoms with Crippen molar-refractivity contribution in [3.63, 3.8) is 0 Å². The van der Waals surface area contributed by atoms with Crippen LogP contribution in [0, 0.1) is 11.6 Å². The van der Waals surface area contributed by atoms with Gasteiger partial charge in [-0.1, -0.05) is 6.07 Å². The number of rotatable bonds is 5. The molecule has 1 aromatic rings. The number of hydrogen-bond acceptors (Lipinski definition) is 3. The molecule has 1 amide bonds. The molecule has 0 aliphatic heterocycles. The number of carbonyl (C=O) groups excluding carboxylic acids is 1. The van der Waals surface area contributed by atoms with Crippen molar-refractivity contribution in [1.29, 1.82) is 0 Å². The van der Waals surface area contributed by atoms with Crippen molar-refractivity contribution < 1.29 is 23.5 Å². The molecule has 0 heterocycles. The lowest BCUT2D eigenvalue weighted by molar-refractivity contribution is -0.143. The monoisotopic (exact) mass is 258 g/mol. The van der Waals surface area contributed by atoms with Crippen molar-refractivity contribution in [2.45, 2.75) is 12.6 Å². The summed E-state index contributed by atoms with van der Waals surface area (Å²) in [5, 5.41) is 13.2. The standard InChI is InChI=1S/C11H12F2N2O3/c1-14-9(11(17)18)10(16)15-5-6-2-3-7(12)4-8(6)13/h2-4,9,14H,5H2,1H3,(H,15,16)(H,17,18). The van der Waals surface area contributed by atoms with E-state index in [1.165, 1.54) is 13.1 Å². The minimum atomic E-state index is -1.41. The van der Waals surface area contributed by atoms with Crippen LogP contribution in [0.4, 0.5) is 8.78 Å². The Bertz CT molecular complexity index is 466. The van der Waals surface area contributed by atoms with E-state index in [0.29, 0.717) is 6.07 Å². The molecule has 1 aromatic carbocycles. The highest BCUT2D eigenvalue weighted by Crippen LogP contribution is 2.09. The number of carbonyl (C=O) groups is 2. The predicted octanol–water partition coefficient (Wildman–Crippen LogP) is 0.254. The molecule has 1 atom stereocenters. The Labute approximate surface area is 102 Å². The molecule has 3 N–H and O–H groups in total. The summed E-state index contributed by atoms with van der Waals surface area (Å²) in [6.45, 7) is -0.212. The Morgan fingerprint density at radius 3 is 2.56 bits per heavy atom. The fourth-order valence-corrected chi connectivity index (χ4v) is 1.32. The number of amides is 1. The van der Waals surface area contributed by atoms with Crippen LogP contribution in [0.3, 0.4) is 0 Å². The quantitative estimate of drug-likeness (QED) is 0.662. The van der Waals surface area contributed by atoms with Gasteiger partial charge in [0.05, 0.1) is 0 Å². The first-order valence-electron chi connectivity index (χ1n) is 5.07. The average molecular weight is 258 g/mol. The summed E-state index contributed by atoms with van der Waals surface area (Å²) in [7, 11) is 1.32. The van der Waals surface area contributed by atoms with Crippen LogP contribution in [0.5, 0.6) is 0 Å². The van der Waals surface area contributed by atoms with Crippen LogP contribution >= 0.6 is 0 Å². The van der Waals surface area contributed by atoms with Crippen molar-refractivity contribution in [3.8, 4) is 0 Å². The van der Waals surface area contributed by atoms with Gasteiger partial charge in [0.25, 0.3) is 0 Å². The van der Waals surface area contributed by atoms with Crippen molar-refractivity contribution in [2.75, 3.05) is 7.05 Å². The van der Waals surface area contributed by atoms with Crippen LogP contribution in [0.1, 0.15) is 5.56 Å². The molecule has 0 fully saturated rings. The highest BCUT2D eigenvalue weighted by atomic mass is 19.1. The second-order valence-corrected chi connectivity index (χ2v) is 3.51. The smallest absolute Gasteiger partial charge is 0.330 e. The van der Waals surface area contributed by atoms with E-state index in [1.54, 1.807) is 0 Å². The largest absolute Gasteiger partial charge is 0.480 e. The van der Waals surface area contributed by atoms with Crippen LogP contribution in [-0.2, 0) is 16.1 Å². The Hall–Kier alpha value is -2.02. The van der Waals surface area contributed by atoms with Gasteiger partial charge in [0, 0.05) is 18.2 Å². The van der Waals surface area contributed by atoms with E-state index in [0.717, 1.165) is 6.07 Å². The normalized spacial score (nSPS) is 11.9. The predicted molar refractivity (Wildman–Crippen MR) is 58.7 cm³/mol. The number of benzene rings is 1. The Kier molecular flexibility index (Phi) is 4.73. The summed E-state index contributed by atoms with van der Waals surface area (Å²) >= 11 is 0. The van der Waals surface area contributed by atoms with Gasteiger partial charge in [-0.15, -0.1) is 0 Å². The number of carboxylic acid groups (broad SMARTS) is 1. The molecule has 1 rings (SSSR count). The zero-order valence-electron chi connectivity index (χ0n) is 9.54. The molecule has 0 spiro atoms. The maximum atomic E-state index is 13.2. The van der Waals surface area contributed by atoms with Gasteiger partial charge in [0.15, 0.2) is 6.04 Å². The van der Waals surface area contributed by atoms with Gasteiger partial charge >= 0.3 is 5.97 Å². The van der Waals surface area contributed by atoms with Gasteiger partial charge in [-0.2, -0.15) is 0 Å². The lowest BCUT2D eigenvalue weighted by atomic mass is 10.2. The number of hydrogen-bond donors (Lipinski definition) is 3. The first kappa shape index (κ1) is 14.0. The van der Waals surface area contributed by atoms with Crippen LogP contribution in [0.25, 0.3) is 0 Å². The molecule has 1 unspecified atom stereocenters. The average Bonchev–Trinajstić information content (AvgIpc) is 2.28. The molecule has 7 heteroatoms. The third kappa shape index (κ3) is 3.49. The van der Waals surface area contributed by atoms with Gasteiger partial charge in [-0.3, -0.25) is 10.1 Å². The zero-order valence-corrected chi connectivity index (χ0v) is 9.54. The minimum absolute atomic E-state index is 0.0741. The van der Waals surface area contributed by atoms with E-state index in [4.69, 9.17) is 5.11 Å². The minimum Gasteiger partial charge on any atom is -0.480 e. The zero-order chi connectivity index (χ0) is 13.7. The fourth-order valence-electron chi connectivity index (χ4n) is 1.32. The van der Waals surface area contributed by atoms with Crippen molar-refractivity contribution >= 4 is 11.9 Å². The molecule has 5 nitrogen and oxygen atoms in total. The van der Waals surface area contributed by atoms with Crippen LogP contribution < -0.4 is 10.6 Å². The molecular weight excluding hydrogens is 246 g/mol. The molecule has 0 saturated heterocycles. The molecular formula is C11H12F2N2O3. The summed E-state index contributed by atoms with van der Waals surface area (Å²) < 4.78 is 25.8. The molecule has 0 saturated carbocycles. The molecule has 98 valence electrons. The van der Waals surface area contributed by atoms with Crippen molar-refractivity contribution in [2.24, 2.45) is 0 Å². The van der Waals surface area contributed by atoms with Gasteiger partial charge in [0.1, 0.15) is 11.6 Å². The van der Waals surface area contributed by atoms with Gasteiger partial charge < -0.3 is 10.4 Å². The van der Waals surface area contributed by atoms with Crippen molar-refractivity contribution in [1.82, 2.24) is 10.6 Å². The lowest BCUT2D eigenvalue weighted by Crippen LogP contribution is -2.47. The lowest BCUT2D eigenvalue weighted by Gasteiger charge is -2.12. The van der Waals surface area contributed by atoms with Gasteiger partial charge in [-0.25, -0.2) is 13.6 Å². The SMILES string of the molecule is CNC(C(=O)O)C(=O)NCc1ccc(F)cc1F. The highest BCUT2D eigenvalue weighted by molar-refractivity contribution is 6.01. The fraction of sp³-hybridized carbons (Fsp3) is 0.273. The van der Waals surface area contributed by atoms with Crippen LogP contribution in [0.15, 0.2) is 18.2 Å². The maximum Gasteiger partial charge on any atom is 0.330 e. The second kappa shape index (κ2) is 6.06. The number of nitrogens with one attached hydrogen (secondary N) is 2. The first-order chi connectivity index (χ1) is 8.45. The maximum absolute atomic E-state index is 13.2. The van der Waals surface area contributed by atoms with Gasteiger partial charge in [0.2, 0.25) is 5.91 Å². The molecule has 0 aliphatic carbocycles. The van der Waals surface area contributed by atoms with E-state index in [9.17, 15) is 18.4 Å². The number of carboxylic acids is 1. The van der Waals surface area contributed by atoms with Crippen LogP contribution in [0.2, 0.25) is 0 Å². The second-order valence-electron chi connectivity index (χ2n) is 3.51. The molecule has 0 radical (unpaired) electrons. The first-order valence-corrected chi connectivity index (χ1v) is 5.07. The Morgan fingerprint density at radius 2 is 2.06 bits per heavy atom. The topological polar surface area (TPSA) is 78.4 Å². The molecule has 0 bridgehead atoms. The Balaban J connectivity index is 2.65. The summed E-state index contributed by atoms with van der Waals surface area (Å²) in [6, 6.07) is 1.51. The Morgan fingerprint density at radius 1 is 1.39 bits per heavy atom. The van der Waals surface area contributed by atoms with Crippen LogP contribution in [-0.4, -0.2) is 30.1 Å². The molecule has 0 aromatic heterocycles. The third-order valence-corrected chi connectivity index (χ3v) is 2.27. The van der Waals surface area contributed by atoms with E-state index in [-0.39, 0.29) is 12.1 Å². The van der Waals surface area contributed by atoms with E-state index in [2.05, 4.69) is 10.6 Å². The van der Waals surface area contributed by atoms with Crippen molar-refractivity contribution in [3.05, 3.63) is 35.4 Å².